The molecule has 0 bridgehead atoms. The Hall–Kier alpha value is -3.45. The van der Waals surface area contributed by atoms with Gasteiger partial charge < -0.3 is 10.1 Å². The highest BCUT2D eigenvalue weighted by molar-refractivity contribution is 6.07. The Bertz CT molecular complexity index is 1180. The molecule has 6 nitrogen and oxygen atoms in total. The molecule has 3 aromatic rings. The molecule has 32 heavy (non-hydrogen) atoms. The van der Waals surface area contributed by atoms with Gasteiger partial charge in [-0.05, 0) is 53.6 Å². The van der Waals surface area contributed by atoms with Crippen LogP contribution in [0.3, 0.4) is 0 Å². The lowest BCUT2D eigenvalue weighted by Crippen LogP contribution is -2.43. The fraction of sp³-hybridized carbons (Fsp3) is 0.280. The summed E-state index contributed by atoms with van der Waals surface area (Å²) in [5.74, 6) is -0.575. The van der Waals surface area contributed by atoms with Crippen molar-refractivity contribution in [2.75, 3.05) is 20.3 Å². The molecule has 166 valence electrons. The summed E-state index contributed by atoms with van der Waals surface area (Å²) in [4.78, 5) is 29.3. The van der Waals surface area contributed by atoms with Gasteiger partial charge in [0.1, 0.15) is 5.54 Å². The number of halogens is 1. The fourth-order valence-electron chi connectivity index (χ4n) is 4.05. The van der Waals surface area contributed by atoms with Crippen LogP contribution in [0.1, 0.15) is 25.0 Å². The molecule has 1 atom stereocenters. The number of carbonyl (C=O) groups is 2. The Kier molecular flexibility index (Phi) is 5.84. The van der Waals surface area contributed by atoms with E-state index in [9.17, 15) is 14.0 Å². The van der Waals surface area contributed by atoms with Gasteiger partial charge >= 0.3 is 6.03 Å². The third-order valence-electron chi connectivity index (χ3n) is 6.01. The van der Waals surface area contributed by atoms with Gasteiger partial charge in [-0.1, -0.05) is 49.4 Å². The quantitative estimate of drug-likeness (QED) is 0.564. The lowest BCUT2D eigenvalue weighted by atomic mass is 9.90. The van der Waals surface area contributed by atoms with E-state index in [4.69, 9.17) is 4.74 Å². The average Bonchev–Trinajstić information content (AvgIpc) is 3.02. The Morgan fingerprint density at radius 1 is 1.06 bits per heavy atom. The van der Waals surface area contributed by atoms with Crippen molar-refractivity contribution < 1.29 is 18.7 Å². The van der Waals surface area contributed by atoms with E-state index in [1.165, 1.54) is 18.1 Å². The number of fused-ring (bicyclic) bond motifs is 1. The molecule has 1 fully saturated rings. The summed E-state index contributed by atoms with van der Waals surface area (Å²) in [6.45, 7) is 4.74. The van der Waals surface area contributed by atoms with Crippen molar-refractivity contribution in [1.29, 1.82) is 0 Å². The molecule has 0 spiro atoms. The van der Waals surface area contributed by atoms with Crippen LogP contribution < -0.4 is 10.1 Å². The van der Waals surface area contributed by atoms with Crippen LogP contribution in [0.15, 0.2) is 60.7 Å². The van der Waals surface area contributed by atoms with E-state index in [2.05, 4.69) is 5.32 Å². The third-order valence-corrected chi connectivity index (χ3v) is 6.01. The zero-order valence-corrected chi connectivity index (χ0v) is 18.4. The number of rotatable bonds is 7. The van der Waals surface area contributed by atoms with Crippen molar-refractivity contribution in [2.24, 2.45) is 0 Å². The minimum Gasteiger partial charge on any atom is -0.494 e. The number of ether oxygens (including phenoxy) is 1. The van der Waals surface area contributed by atoms with Crippen LogP contribution in [0.2, 0.25) is 0 Å². The van der Waals surface area contributed by atoms with Crippen molar-refractivity contribution in [3.8, 4) is 5.75 Å². The van der Waals surface area contributed by atoms with Gasteiger partial charge in [0.2, 0.25) is 0 Å². The minimum atomic E-state index is -1.15. The topological polar surface area (TPSA) is 61.9 Å². The first kappa shape index (κ1) is 21.8. The van der Waals surface area contributed by atoms with Crippen LogP contribution in [-0.2, 0) is 16.9 Å². The third kappa shape index (κ3) is 3.91. The molecule has 4 rings (SSSR count). The van der Waals surface area contributed by atoms with Gasteiger partial charge in [0, 0.05) is 6.54 Å². The van der Waals surface area contributed by atoms with Crippen molar-refractivity contribution >= 4 is 22.7 Å². The Morgan fingerprint density at radius 3 is 2.50 bits per heavy atom. The van der Waals surface area contributed by atoms with Crippen LogP contribution >= 0.6 is 0 Å². The summed E-state index contributed by atoms with van der Waals surface area (Å²) < 4.78 is 19.0. The molecular weight excluding hydrogens is 409 g/mol. The van der Waals surface area contributed by atoms with Crippen molar-refractivity contribution in [1.82, 2.24) is 15.1 Å². The number of amides is 3. The van der Waals surface area contributed by atoms with Crippen LogP contribution in [0.25, 0.3) is 10.8 Å². The van der Waals surface area contributed by atoms with Crippen LogP contribution in [-0.4, -0.2) is 42.1 Å². The minimum absolute atomic E-state index is 0.109. The van der Waals surface area contributed by atoms with Gasteiger partial charge in [0.15, 0.2) is 11.6 Å². The molecule has 1 aliphatic rings. The monoisotopic (exact) mass is 435 g/mol. The molecule has 3 aromatic carbocycles. The molecule has 1 heterocycles. The summed E-state index contributed by atoms with van der Waals surface area (Å²) in [7, 11) is 1.42. The standard InChI is InChI=1S/C25H26FN3O3/c1-4-28(15-17-9-12-22(32-3)21(26)13-17)16-29-23(30)25(2,27-24(29)31)20-11-10-18-7-5-6-8-19(18)14-20/h5-14H,4,15-16H2,1-3H3,(H,27,31)/t25-/m0/s1. The van der Waals surface area contributed by atoms with E-state index in [-0.39, 0.29) is 18.3 Å². The Balaban J connectivity index is 1.54. The van der Waals surface area contributed by atoms with E-state index < -0.39 is 17.4 Å². The number of nitrogens with one attached hydrogen (secondary N) is 1. The first-order chi connectivity index (χ1) is 15.4. The molecule has 1 saturated heterocycles. The molecule has 0 radical (unpaired) electrons. The van der Waals surface area contributed by atoms with E-state index in [0.29, 0.717) is 13.1 Å². The number of hydrogen-bond donors (Lipinski definition) is 1. The van der Waals surface area contributed by atoms with Gasteiger partial charge in [-0.3, -0.25) is 9.69 Å². The van der Waals surface area contributed by atoms with E-state index in [0.717, 1.165) is 21.9 Å². The maximum atomic E-state index is 14.1. The molecule has 1 aliphatic heterocycles. The van der Waals surface area contributed by atoms with E-state index >= 15 is 0 Å². The van der Waals surface area contributed by atoms with Crippen LogP contribution in [0.4, 0.5) is 9.18 Å². The van der Waals surface area contributed by atoms with Gasteiger partial charge in [0.05, 0.1) is 13.8 Å². The highest BCUT2D eigenvalue weighted by Gasteiger charge is 2.49. The summed E-state index contributed by atoms with van der Waals surface area (Å²) >= 11 is 0. The second-order valence-corrected chi connectivity index (χ2v) is 8.11. The second-order valence-electron chi connectivity index (χ2n) is 8.11. The zero-order chi connectivity index (χ0) is 22.9. The molecule has 0 aromatic heterocycles. The first-order valence-corrected chi connectivity index (χ1v) is 10.5. The summed E-state index contributed by atoms with van der Waals surface area (Å²) in [5, 5.41) is 4.93. The van der Waals surface area contributed by atoms with E-state index in [1.807, 2.05) is 54.3 Å². The van der Waals surface area contributed by atoms with Gasteiger partial charge in [-0.15, -0.1) is 0 Å². The lowest BCUT2D eigenvalue weighted by Gasteiger charge is -2.26. The molecule has 0 unspecified atom stereocenters. The van der Waals surface area contributed by atoms with Gasteiger partial charge in [-0.2, -0.15) is 0 Å². The number of methoxy groups -OCH3 is 1. The van der Waals surface area contributed by atoms with Gasteiger partial charge in [0.25, 0.3) is 5.91 Å². The number of hydrogen-bond acceptors (Lipinski definition) is 4. The summed E-state index contributed by atoms with van der Waals surface area (Å²) in [6, 6.07) is 18.0. The predicted octanol–water partition coefficient (Wildman–Crippen LogP) is 4.23. The van der Waals surface area contributed by atoms with Crippen molar-refractivity contribution in [3.05, 3.63) is 77.6 Å². The zero-order valence-electron chi connectivity index (χ0n) is 18.4. The maximum absolute atomic E-state index is 14.1. The van der Waals surface area contributed by atoms with Gasteiger partial charge in [-0.25, -0.2) is 14.1 Å². The number of imide groups is 1. The number of nitrogens with zero attached hydrogens (tertiary/aromatic N) is 2. The summed E-state index contributed by atoms with van der Waals surface area (Å²) in [5.41, 5.74) is 0.319. The maximum Gasteiger partial charge on any atom is 0.326 e. The highest BCUT2D eigenvalue weighted by Crippen LogP contribution is 2.31. The molecule has 0 aliphatic carbocycles. The van der Waals surface area contributed by atoms with Crippen LogP contribution in [0, 0.1) is 5.82 Å². The van der Waals surface area contributed by atoms with Crippen LogP contribution in [0.5, 0.6) is 5.75 Å². The lowest BCUT2D eigenvalue weighted by molar-refractivity contribution is -0.132. The number of benzene rings is 3. The predicted molar refractivity (Wildman–Crippen MR) is 121 cm³/mol. The second kappa shape index (κ2) is 8.59. The molecule has 7 heteroatoms. The smallest absolute Gasteiger partial charge is 0.326 e. The molecule has 0 saturated carbocycles. The Labute approximate surface area is 186 Å². The first-order valence-electron chi connectivity index (χ1n) is 10.5. The average molecular weight is 435 g/mol. The van der Waals surface area contributed by atoms with Crippen molar-refractivity contribution in [2.45, 2.75) is 25.9 Å². The van der Waals surface area contributed by atoms with E-state index in [1.54, 1.807) is 19.1 Å². The largest absolute Gasteiger partial charge is 0.494 e. The normalized spacial score (nSPS) is 18.5. The highest BCUT2D eigenvalue weighted by atomic mass is 19.1. The molecule has 3 amide bonds. The number of urea groups is 1. The Morgan fingerprint density at radius 2 is 1.81 bits per heavy atom. The SMILES string of the molecule is CCN(Cc1ccc(OC)c(F)c1)CN1C(=O)N[C@@](C)(c2ccc3ccccc3c2)C1=O. The molecular formula is C25H26FN3O3. The van der Waals surface area contributed by atoms with Crippen molar-refractivity contribution in [3.63, 3.8) is 0 Å². The number of carbonyl (C=O) groups excluding carboxylic acids is 2. The fourth-order valence-corrected chi connectivity index (χ4v) is 4.05. The molecule has 1 N–H and O–H groups in total. The summed E-state index contributed by atoms with van der Waals surface area (Å²) in [6.07, 6.45) is 0.